The Balaban J connectivity index is 0.000000188. The van der Waals surface area contributed by atoms with Crippen LogP contribution in [0.1, 0.15) is 59.6 Å². The molecule has 11 nitrogen and oxygen atoms in total. The summed E-state index contributed by atoms with van der Waals surface area (Å²) in [6.07, 6.45) is -4.61. The van der Waals surface area contributed by atoms with E-state index in [9.17, 15) is 32.3 Å². The molecule has 0 aliphatic carbocycles. The third-order valence-electron chi connectivity index (χ3n) is 10.2. The standard InChI is InChI=1S/C24H23N3O6S.C18H19F3N2S/c1-24(2)17(22(31)33-23-14-11-7-6-10-13(14)21(30)32-23)27-19(29)16(20(27)34-24)26-18(28)15(25)12-8-4-3-5-9-12;1-22(2)10-5-11-23-14-6-3-4-7-16(14)24-17-9-8-13(12-15(17)23)18(19,20)21/h3-11,15-17,20,23H,25H2,1-2H3,(H,26,28);3-4,6-9,12H,5,10-11H2,1-2H3/t15?,16-,17+,20-,23?;/m1./s1. The van der Waals surface area contributed by atoms with Gasteiger partial charge in [0.25, 0.3) is 6.29 Å². The number of alkyl halides is 3. The minimum atomic E-state index is -4.33. The molecule has 4 aliphatic rings. The summed E-state index contributed by atoms with van der Waals surface area (Å²) < 4.78 is 49.4. The summed E-state index contributed by atoms with van der Waals surface area (Å²) in [5.41, 5.74) is 8.53. The van der Waals surface area contributed by atoms with E-state index < -0.39 is 64.1 Å². The van der Waals surface area contributed by atoms with Gasteiger partial charge in [-0.1, -0.05) is 72.4 Å². The van der Waals surface area contributed by atoms with Crippen molar-refractivity contribution in [3.05, 3.63) is 119 Å². The second-order valence-electron chi connectivity index (χ2n) is 15.0. The first kappa shape index (κ1) is 41.1. The lowest BCUT2D eigenvalue weighted by atomic mass is 9.95. The molecule has 304 valence electrons. The van der Waals surface area contributed by atoms with Gasteiger partial charge in [0.2, 0.25) is 11.8 Å². The van der Waals surface area contributed by atoms with E-state index in [1.54, 1.807) is 54.6 Å². The number of hydrogen-bond donors (Lipinski definition) is 2. The molecule has 8 rings (SSSR count). The number of β-lactam (4-membered cyclic amide) rings is 1. The van der Waals surface area contributed by atoms with Gasteiger partial charge >= 0.3 is 18.1 Å². The number of hydrogen-bond acceptors (Lipinski definition) is 11. The van der Waals surface area contributed by atoms with Gasteiger partial charge in [0.1, 0.15) is 23.5 Å². The maximum atomic E-state index is 13.2. The van der Waals surface area contributed by atoms with Gasteiger partial charge in [0.05, 0.1) is 22.5 Å². The van der Waals surface area contributed by atoms with Crippen LogP contribution in [0.2, 0.25) is 0 Å². The molecule has 0 bridgehead atoms. The maximum absolute atomic E-state index is 13.2. The first-order valence-corrected chi connectivity index (χ1v) is 20.3. The van der Waals surface area contributed by atoms with E-state index in [4.69, 9.17) is 15.2 Å². The van der Waals surface area contributed by atoms with Gasteiger partial charge in [0.15, 0.2) is 0 Å². The van der Waals surface area contributed by atoms with Crippen molar-refractivity contribution in [3.63, 3.8) is 0 Å². The number of fused-ring (bicyclic) bond motifs is 4. The predicted molar refractivity (Wildman–Crippen MR) is 214 cm³/mol. The highest BCUT2D eigenvalue weighted by Crippen LogP contribution is 2.52. The number of rotatable bonds is 9. The van der Waals surface area contributed by atoms with Gasteiger partial charge in [-0.05, 0) is 82.9 Å². The number of carbonyl (C=O) groups excluding carboxylic acids is 4. The first-order valence-electron chi connectivity index (χ1n) is 18.6. The molecule has 2 fully saturated rings. The second kappa shape index (κ2) is 16.3. The highest BCUT2D eigenvalue weighted by molar-refractivity contribution is 8.01. The molecular weight excluding hydrogens is 792 g/mol. The van der Waals surface area contributed by atoms with Gasteiger partial charge < -0.3 is 35.2 Å². The lowest BCUT2D eigenvalue weighted by molar-refractivity contribution is -0.180. The molecule has 3 N–H and O–H groups in total. The van der Waals surface area contributed by atoms with Crippen molar-refractivity contribution in [2.75, 3.05) is 32.1 Å². The molecule has 2 unspecified atom stereocenters. The topological polar surface area (TPSA) is 135 Å². The molecule has 0 saturated carbocycles. The Morgan fingerprint density at radius 2 is 1.62 bits per heavy atom. The van der Waals surface area contributed by atoms with Crippen molar-refractivity contribution >= 4 is 58.7 Å². The monoisotopic (exact) mass is 833 g/mol. The van der Waals surface area contributed by atoms with Crippen molar-refractivity contribution < 1.29 is 41.8 Å². The quantitative estimate of drug-likeness (QED) is 0.135. The highest BCUT2D eigenvalue weighted by atomic mass is 32.2. The number of nitrogens with zero attached hydrogens (tertiary/aromatic N) is 3. The fraction of sp³-hybridized carbons (Fsp3) is 0.333. The average Bonchev–Trinajstić information content (AvgIpc) is 3.65. The Labute approximate surface area is 342 Å². The molecule has 0 radical (unpaired) electrons. The van der Waals surface area contributed by atoms with Crippen molar-refractivity contribution in [2.24, 2.45) is 5.73 Å². The number of anilines is 2. The number of amides is 2. The maximum Gasteiger partial charge on any atom is 0.416 e. The van der Waals surface area contributed by atoms with Gasteiger partial charge in [-0.2, -0.15) is 13.2 Å². The van der Waals surface area contributed by atoms with E-state index in [0.29, 0.717) is 28.9 Å². The molecule has 5 atom stereocenters. The van der Waals surface area contributed by atoms with Crippen LogP contribution in [0.25, 0.3) is 0 Å². The summed E-state index contributed by atoms with van der Waals surface area (Å²) in [7, 11) is 3.99. The third-order valence-corrected chi connectivity index (χ3v) is 12.9. The van der Waals surface area contributed by atoms with Crippen LogP contribution in [0.3, 0.4) is 0 Å². The molecule has 58 heavy (non-hydrogen) atoms. The van der Waals surface area contributed by atoms with Gasteiger partial charge in [-0.25, -0.2) is 9.59 Å². The highest BCUT2D eigenvalue weighted by Gasteiger charge is 2.65. The number of carbonyl (C=O) groups is 4. The van der Waals surface area contributed by atoms with Crippen LogP contribution in [-0.4, -0.2) is 82.9 Å². The van der Waals surface area contributed by atoms with E-state index >= 15 is 0 Å². The minimum Gasteiger partial charge on any atom is -0.419 e. The molecule has 4 aromatic rings. The third kappa shape index (κ3) is 8.15. The van der Waals surface area contributed by atoms with Crippen LogP contribution in [0.15, 0.2) is 107 Å². The largest absolute Gasteiger partial charge is 0.419 e. The molecule has 0 aromatic heterocycles. The minimum absolute atomic E-state index is 0.343. The second-order valence-corrected chi connectivity index (χ2v) is 17.8. The van der Waals surface area contributed by atoms with E-state index in [1.165, 1.54) is 34.5 Å². The number of cyclic esters (lactones) is 1. The number of esters is 2. The Bertz CT molecular complexity index is 2220. The first-order chi connectivity index (χ1) is 27.5. The normalized spacial score (nSPS) is 21.7. The zero-order chi connectivity index (χ0) is 41.5. The van der Waals surface area contributed by atoms with E-state index in [-0.39, 0.29) is 5.91 Å². The summed E-state index contributed by atoms with van der Waals surface area (Å²) in [6, 6.07) is 24.8. The van der Waals surface area contributed by atoms with Crippen LogP contribution in [0, 0.1) is 0 Å². The lowest BCUT2D eigenvalue weighted by Crippen LogP contribution is -2.71. The molecule has 0 spiro atoms. The molecule has 16 heteroatoms. The average molecular weight is 834 g/mol. The van der Waals surface area contributed by atoms with E-state index in [2.05, 4.69) is 10.2 Å². The lowest BCUT2D eigenvalue weighted by Gasteiger charge is -2.44. The van der Waals surface area contributed by atoms with Crippen molar-refractivity contribution in [1.82, 2.24) is 15.1 Å². The van der Waals surface area contributed by atoms with Crippen LogP contribution in [0.5, 0.6) is 0 Å². The zero-order valence-corrected chi connectivity index (χ0v) is 33.7. The van der Waals surface area contributed by atoms with Gasteiger partial charge in [-0.15, -0.1) is 11.8 Å². The van der Waals surface area contributed by atoms with E-state index in [0.717, 1.165) is 34.5 Å². The van der Waals surface area contributed by atoms with Crippen LogP contribution < -0.4 is 16.0 Å². The number of thioether (sulfide) groups is 1. The SMILES string of the molecule is CC1(C)S[C@@H]2[C@H](NC(=O)C(N)c3ccccc3)C(=O)N2[C@H]1C(=O)OC1OC(=O)c2ccccc21.CN(C)CCCN1c2ccccc2Sc2ccc(C(F)(F)F)cc21. The number of halogens is 3. The summed E-state index contributed by atoms with van der Waals surface area (Å²) >= 11 is 2.93. The summed E-state index contributed by atoms with van der Waals surface area (Å²) in [5.74, 6) is -2.09. The zero-order valence-electron chi connectivity index (χ0n) is 32.1. The summed E-state index contributed by atoms with van der Waals surface area (Å²) in [4.78, 5) is 58.4. The van der Waals surface area contributed by atoms with Crippen LogP contribution in [0.4, 0.5) is 24.5 Å². The summed E-state index contributed by atoms with van der Waals surface area (Å²) in [6.45, 7) is 5.24. The summed E-state index contributed by atoms with van der Waals surface area (Å²) in [5, 5.41) is 2.29. The van der Waals surface area contributed by atoms with Crippen molar-refractivity contribution in [3.8, 4) is 0 Å². The van der Waals surface area contributed by atoms with E-state index in [1.807, 2.05) is 63.2 Å². The fourth-order valence-electron chi connectivity index (χ4n) is 7.34. The number of nitrogens with two attached hydrogens (primary N) is 1. The Morgan fingerprint density at radius 1 is 0.948 bits per heavy atom. The molecule has 4 aliphatic heterocycles. The molecule has 2 amide bonds. The number of nitrogens with one attached hydrogen (secondary N) is 1. The van der Waals surface area contributed by atoms with Gasteiger partial charge in [-0.3, -0.25) is 9.59 Å². The Kier molecular flexibility index (Phi) is 11.6. The van der Waals surface area contributed by atoms with Crippen molar-refractivity contribution in [2.45, 2.75) is 70.8 Å². The smallest absolute Gasteiger partial charge is 0.416 e. The predicted octanol–water partition coefficient (Wildman–Crippen LogP) is 6.91. The number of benzene rings is 4. The number of ether oxygens (including phenoxy) is 2. The molecule has 2 saturated heterocycles. The van der Waals surface area contributed by atoms with Crippen LogP contribution in [-0.2, 0) is 30.0 Å². The molecule has 4 heterocycles. The Hall–Kier alpha value is -5.03. The Morgan fingerprint density at radius 3 is 2.34 bits per heavy atom. The van der Waals surface area contributed by atoms with Crippen LogP contribution >= 0.6 is 23.5 Å². The van der Waals surface area contributed by atoms with Crippen molar-refractivity contribution in [1.29, 1.82) is 0 Å². The van der Waals surface area contributed by atoms with Gasteiger partial charge in [0, 0.05) is 26.6 Å². The number of para-hydroxylation sites is 1. The molecular formula is C42H42F3N5O6S2. The fourth-order valence-corrected chi connectivity index (χ4v) is 10.0. The molecule has 4 aromatic carbocycles.